The summed E-state index contributed by atoms with van der Waals surface area (Å²) < 4.78 is 6.88. The molecule has 0 aliphatic carbocycles. The van der Waals surface area contributed by atoms with Crippen LogP contribution in [0.3, 0.4) is 0 Å². The third kappa shape index (κ3) is 2.96. The van der Waals surface area contributed by atoms with Crippen LogP contribution in [0.25, 0.3) is 5.65 Å². The molecule has 0 saturated heterocycles. The largest absolute Gasteiger partial charge is 0.494 e. The zero-order chi connectivity index (χ0) is 18.7. The number of nitrogens with two attached hydrogens (primary N) is 1. The van der Waals surface area contributed by atoms with E-state index in [2.05, 4.69) is 21.5 Å². The number of anilines is 3. The van der Waals surface area contributed by atoms with E-state index in [1.54, 1.807) is 0 Å². The van der Waals surface area contributed by atoms with Gasteiger partial charge in [-0.2, -0.15) is 10.5 Å². The molecule has 9 heteroatoms. The summed E-state index contributed by atoms with van der Waals surface area (Å²) in [5, 5.41) is 26.9. The Bertz CT molecular complexity index is 1040. The predicted octanol–water partition coefficient (Wildman–Crippen LogP) is 2.92. The molecule has 3 aromatic rings. The van der Waals surface area contributed by atoms with Gasteiger partial charge in [-0.05, 0) is 37.4 Å². The number of nitrogen functional groups attached to an aromatic ring is 1. The van der Waals surface area contributed by atoms with Crippen molar-refractivity contribution in [2.45, 2.75) is 11.9 Å². The van der Waals surface area contributed by atoms with Crippen molar-refractivity contribution in [3.63, 3.8) is 0 Å². The predicted molar refractivity (Wildman–Crippen MR) is 99.5 cm³/mol. The van der Waals surface area contributed by atoms with Gasteiger partial charge >= 0.3 is 0 Å². The highest BCUT2D eigenvalue weighted by Crippen LogP contribution is 2.30. The average Bonchev–Trinajstić information content (AvgIpc) is 2.98. The van der Waals surface area contributed by atoms with Gasteiger partial charge in [0.2, 0.25) is 0 Å². The van der Waals surface area contributed by atoms with Gasteiger partial charge in [-0.15, -0.1) is 16.9 Å². The van der Waals surface area contributed by atoms with Gasteiger partial charge in [0.1, 0.15) is 39.9 Å². The van der Waals surface area contributed by atoms with Crippen molar-refractivity contribution < 1.29 is 4.74 Å². The van der Waals surface area contributed by atoms with Crippen molar-refractivity contribution in [1.29, 1.82) is 10.5 Å². The Balaban J connectivity index is 2.09. The second kappa shape index (κ2) is 7.21. The summed E-state index contributed by atoms with van der Waals surface area (Å²) >= 11 is 1.31. The van der Waals surface area contributed by atoms with E-state index in [1.165, 1.54) is 16.3 Å². The van der Waals surface area contributed by atoms with E-state index in [9.17, 15) is 10.5 Å². The van der Waals surface area contributed by atoms with E-state index >= 15 is 0 Å². The molecule has 0 aliphatic heterocycles. The third-order valence-electron chi connectivity index (χ3n) is 3.59. The molecule has 0 radical (unpaired) electrons. The van der Waals surface area contributed by atoms with E-state index in [-0.39, 0.29) is 16.9 Å². The minimum atomic E-state index is 0.0772. The molecule has 3 N–H and O–H groups in total. The van der Waals surface area contributed by atoms with Crippen LogP contribution in [0.2, 0.25) is 0 Å². The number of nitrogens with zero attached hydrogens (tertiary/aromatic N) is 5. The molecule has 0 unspecified atom stereocenters. The number of hydrogen-bond donors (Lipinski definition) is 2. The maximum Gasteiger partial charge on any atom is 0.178 e. The molecule has 26 heavy (non-hydrogen) atoms. The molecule has 0 aliphatic rings. The number of hydrogen-bond acceptors (Lipinski definition) is 8. The number of benzene rings is 1. The first-order valence-corrected chi connectivity index (χ1v) is 8.91. The van der Waals surface area contributed by atoms with Gasteiger partial charge in [0.25, 0.3) is 0 Å². The van der Waals surface area contributed by atoms with Crippen LogP contribution in [0.5, 0.6) is 5.75 Å². The summed E-state index contributed by atoms with van der Waals surface area (Å²) in [5.74, 6) is 1.17. The smallest absolute Gasteiger partial charge is 0.178 e. The third-order valence-corrected chi connectivity index (χ3v) is 4.36. The van der Waals surface area contributed by atoms with Crippen molar-refractivity contribution in [2.75, 3.05) is 23.9 Å². The highest BCUT2D eigenvalue weighted by Gasteiger charge is 2.20. The normalized spacial score (nSPS) is 10.3. The number of nitriles is 2. The van der Waals surface area contributed by atoms with Gasteiger partial charge < -0.3 is 15.8 Å². The minimum Gasteiger partial charge on any atom is -0.494 e. The molecule has 130 valence electrons. The Morgan fingerprint density at radius 2 is 1.92 bits per heavy atom. The Labute approximate surface area is 154 Å². The van der Waals surface area contributed by atoms with Crippen molar-refractivity contribution in [2.24, 2.45) is 0 Å². The first-order chi connectivity index (χ1) is 12.6. The van der Waals surface area contributed by atoms with E-state index in [1.807, 2.05) is 43.5 Å². The second-order valence-electron chi connectivity index (χ2n) is 5.15. The molecule has 2 heterocycles. The monoisotopic (exact) mass is 365 g/mol. The summed E-state index contributed by atoms with van der Waals surface area (Å²) in [6.45, 7) is 2.50. The van der Waals surface area contributed by atoms with Crippen LogP contribution in [0, 0.1) is 22.7 Å². The van der Waals surface area contributed by atoms with Gasteiger partial charge in [-0.3, -0.25) is 0 Å². The van der Waals surface area contributed by atoms with Crippen LogP contribution in [0.4, 0.5) is 17.3 Å². The van der Waals surface area contributed by atoms with Gasteiger partial charge in [0.15, 0.2) is 11.5 Å². The molecule has 2 aromatic heterocycles. The SMILES string of the molecule is CCOc1ccc(Nc2nn3c(SC)c(C#N)c(N)nc3c2C#N)cc1. The zero-order valence-corrected chi connectivity index (χ0v) is 15.0. The van der Waals surface area contributed by atoms with Crippen LogP contribution in [0.15, 0.2) is 29.3 Å². The quantitative estimate of drug-likeness (QED) is 0.522. The van der Waals surface area contributed by atoms with Gasteiger partial charge in [-0.1, -0.05) is 0 Å². The van der Waals surface area contributed by atoms with Gasteiger partial charge in [0, 0.05) is 5.69 Å². The molecule has 3 rings (SSSR count). The van der Waals surface area contributed by atoms with E-state index in [0.717, 1.165) is 11.4 Å². The number of fused-ring (bicyclic) bond motifs is 1. The number of rotatable bonds is 5. The zero-order valence-electron chi connectivity index (χ0n) is 14.1. The lowest BCUT2D eigenvalue weighted by Crippen LogP contribution is -2.04. The summed E-state index contributed by atoms with van der Waals surface area (Å²) in [7, 11) is 0. The number of ether oxygens (including phenoxy) is 1. The molecule has 1 aromatic carbocycles. The van der Waals surface area contributed by atoms with Crippen LogP contribution >= 0.6 is 11.8 Å². The molecule has 0 atom stereocenters. The molecule has 0 amide bonds. The fourth-order valence-corrected chi connectivity index (χ4v) is 3.12. The van der Waals surface area contributed by atoms with Gasteiger partial charge in [0.05, 0.1) is 6.61 Å². The topological polar surface area (TPSA) is 125 Å². The molecular formula is C17H15N7OS. The number of aromatic nitrogens is 3. The lowest BCUT2D eigenvalue weighted by Gasteiger charge is -2.06. The maximum atomic E-state index is 9.56. The van der Waals surface area contributed by atoms with Crippen molar-refractivity contribution >= 4 is 34.7 Å². The number of thioether (sulfide) groups is 1. The summed E-state index contributed by atoms with van der Waals surface area (Å²) in [6, 6.07) is 11.4. The van der Waals surface area contributed by atoms with E-state index in [4.69, 9.17) is 10.5 Å². The number of nitrogens with one attached hydrogen (secondary N) is 1. The van der Waals surface area contributed by atoms with Crippen LogP contribution in [0.1, 0.15) is 18.1 Å². The van der Waals surface area contributed by atoms with Crippen molar-refractivity contribution in [3.8, 4) is 17.9 Å². The van der Waals surface area contributed by atoms with Gasteiger partial charge in [-0.25, -0.2) is 9.50 Å². The van der Waals surface area contributed by atoms with E-state index < -0.39 is 0 Å². The molecule has 0 saturated carbocycles. The standard InChI is InChI=1S/C17H15N7OS/c1-3-25-11-6-4-10(5-7-11)21-15-13(9-19)16-22-14(20)12(8-18)17(26-2)24(16)23-15/h4-7H,3H2,1-2H3,(H2,20,22)(H,21,23). The lowest BCUT2D eigenvalue weighted by atomic mass is 10.2. The molecule has 8 nitrogen and oxygen atoms in total. The molecule has 0 fully saturated rings. The first-order valence-electron chi connectivity index (χ1n) is 7.69. The van der Waals surface area contributed by atoms with E-state index in [0.29, 0.717) is 23.1 Å². The highest BCUT2D eigenvalue weighted by atomic mass is 32.2. The maximum absolute atomic E-state index is 9.56. The summed E-state index contributed by atoms with van der Waals surface area (Å²) in [4.78, 5) is 4.19. The average molecular weight is 365 g/mol. The van der Waals surface area contributed by atoms with Crippen molar-refractivity contribution in [1.82, 2.24) is 14.6 Å². The molecule has 0 bridgehead atoms. The Kier molecular flexibility index (Phi) is 4.83. The Morgan fingerprint density at radius 3 is 2.50 bits per heavy atom. The highest BCUT2D eigenvalue weighted by molar-refractivity contribution is 7.98. The molecular weight excluding hydrogens is 350 g/mol. The van der Waals surface area contributed by atoms with Crippen molar-refractivity contribution in [3.05, 3.63) is 35.4 Å². The fourth-order valence-electron chi connectivity index (χ4n) is 2.46. The van der Waals surface area contributed by atoms with Crippen LogP contribution in [-0.4, -0.2) is 27.5 Å². The fraction of sp³-hybridized carbons (Fsp3) is 0.176. The summed E-state index contributed by atoms with van der Waals surface area (Å²) in [5.41, 5.74) is 7.42. The first kappa shape index (κ1) is 17.4. The Hall–Kier alpha value is -3.43. The molecule has 0 spiro atoms. The Morgan fingerprint density at radius 1 is 1.23 bits per heavy atom. The van der Waals surface area contributed by atoms with Crippen LogP contribution < -0.4 is 15.8 Å². The van der Waals surface area contributed by atoms with Crippen LogP contribution in [-0.2, 0) is 0 Å². The summed E-state index contributed by atoms with van der Waals surface area (Å²) in [6.07, 6.45) is 1.81. The minimum absolute atomic E-state index is 0.0772. The second-order valence-corrected chi connectivity index (χ2v) is 5.94. The lowest BCUT2D eigenvalue weighted by molar-refractivity contribution is 0.340.